The van der Waals surface area contributed by atoms with Crippen molar-refractivity contribution in [1.82, 2.24) is 0 Å². The number of ether oxygens (including phenoxy) is 1. The summed E-state index contributed by atoms with van der Waals surface area (Å²) in [6.07, 6.45) is 0. The van der Waals surface area contributed by atoms with E-state index in [9.17, 15) is 9.59 Å². The van der Waals surface area contributed by atoms with Crippen LogP contribution in [0.5, 0.6) is 5.75 Å². The number of Topliss-reactive ketones (excluding diaryl/α,β-unsaturated/α-hetero) is 1. The minimum absolute atomic E-state index is 0.00169. The Kier molecular flexibility index (Phi) is 5.62. The van der Waals surface area contributed by atoms with Gasteiger partial charge in [0.15, 0.2) is 11.5 Å². The number of halogens is 1. The molecule has 0 radical (unpaired) electrons. The van der Waals surface area contributed by atoms with Crippen LogP contribution in [0.2, 0.25) is 5.02 Å². The van der Waals surface area contributed by atoms with Gasteiger partial charge in [0.2, 0.25) is 0 Å². The molecule has 3 rings (SSSR count). The smallest absolute Gasteiger partial charge is 0.291 e. The first-order valence-corrected chi connectivity index (χ1v) is 8.71. The summed E-state index contributed by atoms with van der Waals surface area (Å²) < 4.78 is 11.2. The van der Waals surface area contributed by atoms with Gasteiger partial charge in [-0.15, -0.1) is 0 Å². The molecule has 0 aliphatic heterocycles. The Bertz CT molecular complexity index is 976. The highest BCUT2D eigenvalue weighted by Crippen LogP contribution is 2.24. The van der Waals surface area contributed by atoms with Crippen molar-refractivity contribution in [3.8, 4) is 5.75 Å². The van der Waals surface area contributed by atoms with Gasteiger partial charge in [-0.1, -0.05) is 17.7 Å². The molecule has 6 heteroatoms. The number of hydrogen-bond donors (Lipinski definition) is 1. The molecule has 0 aliphatic rings. The maximum atomic E-state index is 12.3. The summed E-state index contributed by atoms with van der Waals surface area (Å²) in [5.74, 6) is 0.936. The summed E-state index contributed by atoms with van der Waals surface area (Å²) >= 11 is 6.06. The van der Waals surface area contributed by atoms with Crippen LogP contribution in [0.1, 0.15) is 39.2 Å². The maximum absolute atomic E-state index is 12.3. The van der Waals surface area contributed by atoms with Crippen LogP contribution in [-0.4, -0.2) is 11.7 Å². The molecular weight excluding hydrogens is 366 g/mol. The number of ketones is 1. The molecule has 0 saturated heterocycles. The number of furan rings is 1. The van der Waals surface area contributed by atoms with E-state index in [-0.39, 0.29) is 24.1 Å². The number of carbonyl (C=O) groups excluding carboxylic acids is 2. The van der Waals surface area contributed by atoms with Gasteiger partial charge < -0.3 is 14.5 Å². The second-order valence-corrected chi connectivity index (χ2v) is 6.41. The average Bonchev–Trinajstić information content (AvgIpc) is 3.13. The van der Waals surface area contributed by atoms with Crippen molar-refractivity contribution < 1.29 is 18.7 Å². The molecular formula is C21H18ClNO4. The molecule has 1 amide bonds. The zero-order valence-electron chi connectivity index (χ0n) is 14.9. The zero-order chi connectivity index (χ0) is 19.4. The molecule has 0 saturated carbocycles. The van der Waals surface area contributed by atoms with Crippen molar-refractivity contribution >= 4 is 29.0 Å². The van der Waals surface area contributed by atoms with Crippen molar-refractivity contribution in [3.63, 3.8) is 0 Å². The van der Waals surface area contributed by atoms with Gasteiger partial charge in [-0.05, 0) is 67.9 Å². The Morgan fingerprint density at radius 3 is 2.52 bits per heavy atom. The molecule has 0 spiro atoms. The highest BCUT2D eigenvalue weighted by molar-refractivity contribution is 6.31. The van der Waals surface area contributed by atoms with E-state index in [1.165, 1.54) is 6.92 Å². The standard InChI is InChI=1S/C21H18ClNO4/c1-13-18(22)4-3-5-19(13)23-21(25)20-11-10-17(27-20)12-26-16-8-6-15(7-9-16)14(2)24/h3-11H,12H2,1-2H3,(H,23,25). The fraction of sp³-hybridized carbons (Fsp3) is 0.143. The van der Waals surface area contributed by atoms with Crippen molar-refractivity contribution in [3.05, 3.63) is 82.3 Å². The fourth-order valence-corrected chi connectivity index (χ4v) is 2.62. The van der Waals surface area contributed by atoms with Gasteiger partial charge in [-0.2, -0.15) is 0 Å². The SMILES string of the molecule is CC(=O)c1ccc(OCc2ccc(C(=O)Nc3cccc(Cl)c3C)o2)cc1. The predicted molar refractivity (Wildman–Crippen MR) is 104 cm³/mol. The first-order valence-electron chi connectivity index (χ1n) is 8.33. The molecule has 1 N–H and O–H groups in total. The van der Waals surface area contributed by atoms with E-state index >= 15 is 0 Å². The lowest BCUT2D eigenvalue weighted by atomic mass is 10.1. The third-order valence-electron chi connectivity index (χ3n) is 4.04. The molecule has 138 valence electrons. The van der Waals surface area contributed by atoms with E-state index in [4.69, 9.17) is 20.8 Å². The van der Waals surface area contributed by atoms with Gasteiger partial charge in [0.05, 0.1) is 0 Å². The van der Waals surface area contributed by atoms with Gasteiger partial charge in [0.1, 0.15) is 18.1 Å². The highest BCUT2D eigenvalue weighted by Gasteiger charge is 2.13. The Hall–Kier alpha value is -3.05. The number of nitrogens with one attached hydrogen (secondary N) is 1. The van der Waals surface area contributed by atoms with Crippen LogP contribution in [0, 0.1) is 6.92 Å². The lowest BCUT2D eigenvalue weighted by Gasteiger charge is -2.08. The Labute approximate surface area is 161 Å². The minimum Gasteiger partial charge on any atom is -0.486 e. The number of amides is 1. The molecule has 1 aromatic heterocycles. The molecule has 5 nitrogen and oxygen atoms in total. The van der Waals surface area contributed by atoms with Gasteiger partial charge >= 0.3 is 0 Å². The minimum atomic E-state index is -0.363. The van der Waals surface area contributed by atoms with Gasteiger partial charge in [-0.25, -0.2) is 0 Å². The van der Waals surface area contributed by atoms with Crippen LogP contribution in [0.15, 0.2) is 59.0 Å². The fourth-order valence-electron chi connectivity index (χ4n) is 2.44. The second-order valence-electron chi connectivity index (χ2n) is 6.00. The van der Waals surface area contributed by atoms with Crippen molar-refractivity contribution in [1.29, 1.82) is 0 Å². The number of carbonyl (C=O) groups is 2. The first kappa shape index (κ1) is 18.7. The molecule has 2 aromatic carbocycles. The van der Waals surface area contributed by atoms with Crippen LogP contribution in [0.3, 0.4) is 0 Å². The van der Waals surface area contributed by atoms with Crippen LogP contribution in [0.4, 0.5) is 5.69 Å². The Morgan fingerprint density at radius 1 is 1.07 bits per heavy atom. The Morgan fingerprint density at radius 2 is 1.81 bits per heavy atom. The zero-order valence-corrected chi connectivity index (χ0v) is 15.7. The highest BCUT2D eigenvalue weighted by atomic mass is 35.5. The summed E-state index contributed by atoms with van der Waals surface area (Å²) in [4.78, 5) is 23.6. The van der Waals surface area contributed by atoms with Crippen LogP contribution < -0.4 is 10.1 Å². The summed E-state index contributed by atoms with van der Waals surface area (Å²) in [6.45, 7) is 3.51. The lowest BCUT2D eigenvalue weighted by Crippen LogP contribution is -2.12. The van der Waals surface area contributed by atoms with E-state index in [1.54, 1.807) is 54.6 Å². The lowest BCUT2D eigenvalue weighted by molar-refractivity contribution is 0.0990. The summed E-state index contributed by atoms with van der Waals surface area (Å²) in [6, 6.07) is 15.4. The largest absolute Gasteiger partial charge is 0.486 e. The third kappa shape index (κ3) is 4.57. The topological polar surface area (TPSA) is 68.5 Å². The molecule has 3 aromatic rings. The molecule has 0 atom stereocenters. The number of rotatable bonds is 6. The van der Waals surface area contributed by atoms with Crippen molar-refractivity contribution in [2.45, 2.75) is 20.5 Å². The van der Waals surface area contributed by atoms with Crippen LogP contribution in [-0.2, 0) is 6.61 Å². The van der Waals surface area contributed by atoms with E-state index in [0.717, 1.165) is 5.56 Å². The van der Waals surface area contributed by atoms with Crippen molar-refractivity contribution in [2.75, 3.05) is 5.32 Å². The first-order chi connectivity index (χ1) is 12.9. The van der Waals surface area contributed by atoms with E-state index in [1.807, 2.05) is 6.92 Å². The van der Waals surface area contributed by atoms with E-state index < -0.39 is 0 Å². The normalized spacial score (nSPS) is 10.5. The number of anilines is 1. The monoisotopic (exact) mass is 383 g/mol. The van der Waals surface area contributed by atoms with E-state index in [0.29, 0.717) is 27.8 Å². The molecule has 0 fully saturated rings. The predicted octanol–water partition coefficient (Wildman–Crippen LogP) is 5.28. The summed E-state index contributed by atoms with van der Waals surface area (Å²) in [7, 11) is 0. The second kappa shape index (κ2) is 8.10. The molecule has 0 bridgehead atoms. The summed E-state index contributed by atoms with van der Waals surface area (Å²) in [5, 5.41) is 3.36. The molecule has 0 aliphatic carbocycles. The van der Waals surface area contributed by atoms with Crippen LogP contribution >= 0.6 is 11.6 Å². The Balaban J connectivity index is 1.61. The van der Waals surface area contributed by atoms with Crippen LogP contribution in [0.25, 0.3) is 0 Å². The molecule has 27 heavy (non-hydrogen) atoms. The molecule has 0 unspecified atom stereocenters. The third-order valence-corrected chi connectivity index (χ3v) is 4.45. The van der Waals surface area contributed by atoms with Gasteiger partial charge in [0.25, 0.3) is 5.91 Å². The number of hydrogen-bond acceptors (Lipinski definition) is 4. The van der Waals surface area contributed by atoms with Crippen molar-refractivity contribution in [2.24, 2.45) is 0 Å². The van der Waals surface area contributed by atoms with E-state index in [2.05, 4.69) is 5.32 Å². The molecule has 1 heterocycles. The summed E-state index contributed by atoms with van der Waals surface area (Å²) in [5.41, 5.74) is 2.04. The number of benzene rings is 2. The van der Waals surface area contributed by atoms with Gasteiger partial charge in [-0.3, -0.25) is 9.59 Å². The maximum Gasteiger partial charge on any atom is 0.291 e. The average molecular weight is 384 g/mol. The van der Waals surface area contributed by atoms with Gasteiger partial charge in [0, 0.05) is 16.3 Å². The quantitative estimate of drug-likeness (QED) is 0.588.